The second-order valence-corrected chi connectivity index (χ2v) is 8.68. The highest BCUT2D eigenvalue weighted by Crippen LogP contribution is 2.41. The van der Waals surface area contributed by atoms with E-state index < -0.39 is 23.7 Å². The molecule has 0 radical (unpaired) electrons. The number of para-hydroxylation sites is 1. The quantitative estimate of drug-likeness (QED) is 0.154. The average molecular weight is 497 g/mol. The molecule has 186 valence electrons. The zero-order valence-corrected chi connectivity index (χ0v) is 20.0. The number of phenolic OH excluding ortho intramolecular Hbond substituents is 1. The fourth-order valence-electron chi connectivity index (χ4n) is 4.62. The summed E-state index contributed by atoms with van der Waals surface area (Å²) < 4.78 is 5.02. The third-order valence-corrected chi connectivity index (χ3v) is 6.41. The molecule has 0 spiro atoms. The number of carbonyl (C=O) groups is 3. The molecule has 3 aromatic carbocycles. The summed E-state index contributed by atoms with van der Waals surface area (Å²) in [5.74, 6) is -2.25. The van der Waals surface area contributed by atoms with Gasteiger partial charge in [-0.25, -0.2) is 4.79 Å². The fourth-order valence-corrected chi connectivity index (χ4v) is 4.62. The molecule has 1 aromatic heterocycles. The van der Waals surface area contributed by atoms with E-state index in [4.69, 9.17) is 4.74 Å². The molecule has 8 heteroatoms. The van der Waals surface area contributed by atoms with Crippen LogP contribution in [0.25, 0.3) is 16.7 Å². The van der Waals surface area contributed by atoms with E-state index in [-0.39, 0.29) is 30.2 Å². The normalized spacial score (nSPS) is 16.9. The van der Waals surface area contributed by atoms with Gasteiger partial charge < -0.3 is 24.8 Å². The maximum atomic E-state index is 13.3. The molecule has 1 fully saturated rings. The van der Waals surface area contributed by atoms with Crippen LogP contribution in [0.1, 0.15) is 40.0 Å². The molecule has 1 atom stereocenters. The van der Waals surface area contributed by atoms with E-state index in [9.17, 15) is 24.6 Å². The number of aromatic amines is 1. The van der Waals surface area contributed by atoms with Crippen molar-refractivity contribution < 1.29 is 29.3 Å². The Balaban J connectivity index is 1.58. The number of aliphatic hydroxyl groups is 1. The lowest BCUT2D eigenvalue weighted by molar-refractivity contribution is -0.140. The molecule has 2 heterocycles. The lowest BCUT2D eigenvalue weighted by atomic mass is 9.95. The third kappa shape index (κ3) is 4.33. The number of aromatic nitrogens is 1. The number of ether oxygens (including phenoxy) is 1. The van der Waals surface area contributed by atoms with Gasteiger partial charge in [0.05, 0.1) is 23.8 Å². The number of benzene rings is 3. The Morgan fingerprint density at radius 3 is 2.41 bits per heavy atom. The van der Waals surface area contributed by atoms with Crippen LogP contribution < -0.4 is 0 Å². The molecular weight excluding hydrogens is 472 g/mol. The largest absolute Gasteiger partial charge is 0.508 e. The van der Waals surface area contributed by atoms with Gasteiger partial charge in [-0.15, -0.1) is 0 Å². The number of aliphatic hydroxyl groups excluding tert-OH is 1. The smallest absolute Gasteiger partial charge is 0.338 e. The summed E-state index contributed by atoms with van der Waals surface area (Å²) >= 11 is 0. The van der Waals surface area contributed by atoms with Gasteiger partial charge in [-0.05, 0) is 48.4 Å². The molecule has 4 aromatic rings. The highest BCUT2D eigenvalue weighted by molar-refractivity contribution is 6.46. The molecule has 1 aliphatic rings. The molecule has 3 N–H and O–H groups in total. The van der Waals surface area contributed by atoms with E-state index in [0.29, 0.717) is 27.6 Å². The van der Waals surface area contributed by atoms with Crippen LogP contribution in [0.5, 0.6) is 5.75 Å². The average Bonchev–Trinajstić information content (AvgIpc) is 3.44. The lowest BCUT2D eigenvalue weighted by Gasteiger charge is -2.25. The van der Waals surface area contributed by atoms with Gasteiger partial charge in [0.15, 0.2) is 0 Å². The highest BCUT2D eigenvalue weighted by atomic mass is 16.5. The molecule has 0 bridgehead atoms. The first kappa shape index (κ1) is 23.9. The van der Waals surface area contributed by atoms with Crippen molar-refractivity contribution in [2.75, 3.05) is 6.61 Å². The summed E-state index contributed by atoms with van der Waals surface area (Å²) in [5.41, 5.74) is 2.77. The van der Waals surface area contributed by atoms with Crippen molar-refractivity contribution in [3.63, 3.8) is 0 Å². The number of esters is 1. The maximum Gasteiger partial charge on any atom is 0.338 e. The second kappa shape index (κ2) is 9.66. The first-order valence-corrected chi connectivity index (χ1v) is 11.8. The lowest BCUT2D eigenvalue weighted by Crippen LogP contribution is -2.29. The van der Waals surface area contributed by atoms with Crippen molar-refractivity contribution in [3.8, 4) is 5.75 Å². The summed E-state index contributed by atoms with van der Waals surface area (Å²) in [6.07, 6.45) is 1.61. The number of rotatable bonds is 6. The van der Waals surface area contributed by atoms with E-state index in [1.165, 1.54) is 17.0 Å². The van der Waals surface area contributed by atoms with E-state index in [1.807, 2.05) is 24.3 Å². The molecule has 1 saturated heterocycles. The number of likely N-dealkylation sites (tertiary alicyclic amines) is 1. The number of aromatic hydroxyl groups is 1. The van der Waals surface area contributed by atoms with Crippen LogP contribution in [-0.4, -0.2) is 44.4 Å². The number of H-pyrrole nitrogens is 1. The van der Waals surface area contributed by atoms with Crippen LogP contribution >= 0.6 is 0 Å². The number of amides is 1. The molecule has 5 rings (SSSR count). The highest BCUT2D eigenvalue weighted by Gasteiger charge is 2.46. The number of fused-ring (bicyclic) bond motifs is 1. The molecule has 1 aliphatic heterocycles. The van der Waals surface area contributed by atoms with Gasteiger partial charge in [-0.3, -0.25) is 9.59 Å². The number of carbonyl (C=O) groups excluding carboxylic acids is 3. The molecule has 1 amide bonds. The maximum absolute atomic E-state index is 13.3. The number of nitrogens with zero attached hydrogens (tertiary/aromatic N) is 1. The Labute approximate surface area is 212 Å². The number of hydrogen-bond donors (Lipinski definition) is 3. The van der Waals surface area contributed by atoms with Gasteiger partial charge in [0.2, 0.25) is 0 Å². The van der Waals surface area contributed by atoms with Crippen molar-refractivity contribution >= 4 is 34.3 Å². The molecule has 0 aliphatic carbocycles. The predicted molar refractivity (Wildman–Crippen MR) is 137 cm³/mol. The van der Waals surface area contributed by atoms with E-state index in [0.717, 1.165) is 5.52 Å². The summed E-state index contributed by atoms with van der Waals surface area (Å²) in [7, 11) is 0. The molecule has 37 heavy (non-hydrogen) atoms. The van der Waals surface area contributed by atoms with Crippen LogP contribution in [0.15, 0.2) is 84.6 Å². The van der Waals surface area contributed by atoms with Gasteiger partial charge in [-0.2, -0.15) is 0 Å². The van der Waals surface area contributed by atoms with E-state index in [2.05, 4.69) is 4.98 Å². The topological polar surface area (TPSA) is 120 Å². The SMILES string of the molecule is CCOC(=O)c1ccc(CN2C(=O)C(=O)/C(=C(\O)c3c[nH]c4ccccc34)C2c2ccc(O)cc2)cc1. The van der Waals surface area contributed by atoms with Crippen molar-refractivity contribution in [1.29, 1.82) is 0 Å². The first-order chi connectivity index (χ1) is 17.9. The van der Waals surface area contributed by atoms with Crippen LogP contribution in [0.3, 0.4) is 0 Å². The number of Topliss-reactive ketones (excluding diaryl/α,β-unsaturated/α-hetero) is 1. The van der Waals surface area contributed by atoms with Crippen LogP contribution in [0, 0.1) is 0 Å². The van der Waals surface area contributed by atoms with Gasteiger partial charge >= 0.3 is 5.97 Å². The van der Waals surface area contributed by atoms with E-state index >= 15 is 0 Å². The summed E-state index contributed by atoms with van der Waals surface area (Å²) in [4.78, 5) is 43.0. The minimum atomic E-state index is -0.890. The minimum absolute atomic E-state index is 0.0342. The zero-order valence-electron chi connectivity index (χ0n) is 20.0. The van der Waals surface area contributed by atoms with Crippen molar-refractivity contribution in [3.05, 3.63) is 107 Å². The van der Waals surface area contributed by atoms with Crippen molar-refractivity contribution in [1.82, 2.24) is 9.88 Å². The van der Waals surface area contributed by atoms with Crippen LogP contribution in [0.4, 0.5) is 0 Å². The Morgan fingerprint density at radius 2 is 1.70 bits per heavy atom. The molecule has 8 nitrogen and oxygen atoms in total. The number of nitrogens with one attached hydrogen (secondary N) is 1. The Bertz CT molecular complexity index is 1530. The Hall–Kier alpha value is -4.85. The fraction of sp³-hybridized carbons (Fsp3) is 0.138. The monoisotopic (exact) mass is 496 g/mol. The zero-order chi connectivity index (χ0) is 26.1. The molecular formula is C29H24N2O6. The number of ketones is 1. The number of phenols is 1. The minimum Gasteiger partial charge on any atom is -0.508 e. The van der Waals surface area contributed by atoms with Crippen LogP contribution in [0.2, 0.25) is 0 Å². The Kier molecular flexibility index (Phi) is 6.23. The summed E-state index contributed by atoms with van der Waals surface area (Å²) in [6.45, 7) is 2.04. The Morgan fingerprint density at radius 1 is 1.00 bits per heavy atom. The third-order valence-electron chi connectivity index (χ3n) is 6.41. The van der Waals surface area contributed by atoms with Gasteiger partial charge in [-0.1, -0.05) is 42.5 Å². The van der Waals surface area contributed by atoms with Gasteiger partial charge in [0.1, 0.15) is 11.5 Å². The van der Waals surface area contributed by atoms with Gasteiger partial charge in [0, 0.05) is 29.2 Å². The predicted octanol–water partition coefficient (Wildman–Crippen LogP) is 4.67. The van der Waals surface area contributed by atoms with Crippen molar-refractivity contribution in [2.45, 2.75) is 19.5 Å². The van der Waals surface area contributed by atoms with Crippen molar-refractivity contribution in [2.24, 2.45) is 0 Å². The molecule has 1 unspecified atom stereocenters. The standard InChI is InChI=1S/C29H24N2O6/c1-2-37-29(36)19-9-7-17(8-10-19)16-31-25(18-11-13-20(32)14-12-18)24(27(34)28(31)35)26(33)22-15-30-23-6-4-3-5-21(22)23/h3-15,25,30,32-33H,2,16H2,1H3/b26-24-. The van der Waals surface area contributed by atoms with E-state index in [1.54, 1.807) is 49.5 Å². The second-order valence-electron chi connectivity index (χ2n) is 8.68. The number of hydrogen-bond acceptors (Lipinski definition) is 6. The molecule has 0 saturated carbocycles. The van der Waals surface area contributed by atoms with Crippen LogP contribution in [-0.2, 0) is 20.9 Å². The van der Waals surface area contributed by atoms with Gasteiger partial charge in [0.25, 0.3) is 11.7 Å². The summed E-state index contributed by atoms with van der Waals surface area (Å²) in [5, 5.41) is 21.9. The summed E-state index contributed by atoms with van der Waals surface area (Å²) in [6, 6.07) is 19.2. The first-order valence-electron chi connectivity index (χ1n) is 11.8.